The van der Waals surface area contributed by atoms with Crippen molar-refractivity contribution in [3.05, 3.63) is 119 Å². The van der Waals surface area contributed by atoms with Gasteiger partial charge in [-0.1, -0.05) is 42.5 Å². The van der Waals surface area contributed by atoms with Gasteiger partial charge in [-0.15, -0.1) is 11.6 Å². The zero-order valence-electron chi connectivity index (χ0n) is 35.4. The molecule has 3 heterocycles. The highest BCUT2D eigenvalue weighted by atomic mass is 35.5. The Kier molecular flexibility index (Phi) is 15.6. The van der Waals surface area contributed by atoms with Gasteiger partial charge in [-0.2, -0.15) is 0 Å². The number of aromatic hydroxyl groups is 2. The summed E-state index contributed by atoms with van der Waals surface area (Å²) in [6.07, 6.45) is 1.01. The van der Waals surface area contributed by atoms with Gasteiger partial charge in [0.15, 0.2) is 0 Å². The number of benzene rings is 4. The molecule has 0 aliphatic carbocycles. The number of nitrogens with one attached hydrogen (secondary N) is 2. The Morgan fingerprint density at radius 2 is 1.38 bits per heavy atom. The van der Waals surface area contributed by atoms with Crippen LogP contribution in [0.5, 0.6) is 17.2 Å². The quantitative estimate of drug-likeness (QED) is 0.0397. The average molecular weight is 894 g/mol. The number of piperidine rings is 1. The van der Waals surface area contributed by atoms with Crippen LogP contribution in [0.4, 0.5) is 5.69 Å². The second kappa shape index (κ2) is 21.9. The highest BCUT2D eigenvalue weighted by molar-refractivity contribution is 6.25. The number of hydrogen-bond donors (Lipinski definition) is 4. The molecule has 16 heteroatoms. The zero-order chi connectivity index (χ0) is 45.0. The molecule has 0 saturated carbocycles. The number of imide groups is 2. The number of phenolic OH excluding ortho intramolecular Hbond substituents is 2. The first-order valence-electron chi connectivity index (χ1n) is 21.5. The van der Waals surface area contributed by atoms with Gasteiger partial charge < -0.3 is 34.6 Å². The Hall–Kier alpha value is -6.26. The third kappa shape index (κ3) is 11.3. The van der Waals surface area contributed by atoms with Gasteiger partial charge in [-0.3, -0.25) is 39.1 Å². The van der Waals surface area contributed by atoms with Crippen molar-refractivity contribution >= 4 is 58.0 Å². The molecule has 0 bridgehead atoms. The maximum atomic E-state index is 13.3. The van der Waals surface area contributed by atoms with E-state index in [1.165, 1.54) is 0 Å². The summed E-state index contributed by atoms with van der Waals surface area (Å²) in [7, 11) is 0. The topological polar surface area (TPSA) is 187 Å². The highest BCUT2D eigenvalue weighted by Gasteiger charge is 2.45. The molecule has 3 aliphatic heterocycles. The molecule has 1 atom stereocenters. The van der Waals surface area contributed by atoms with Gasteiger partial charge in [0.1, 0.15) is 29.9 Å². The molecule has 1 unspecified atom stereocenters. The molecule has 2 saturated heterocycles. The molecule has 0 spiro atoms. The van der Waals surface area contributed by atoms with Crippen LogP contribution in [0.3, 0.4) is 0 Å². The first-order valence-corrected chi connectivity index (χ1v) is 22.0. The first-order chi connectivity index (χ1) is 31.1. The number of rotatable bonds is 20. The molecule has 64 heavy (non-hydrogen) atoms. The molecule has 5 amide bonds. The van der Waals surface area contributed by atoms with Crippen molar-refractivity contribution in [1.82, 2.24) is 20.0 Å². The van der Waals surface area contributed by atoms with Crippen LogP contribution in [0, 0.1) is 0 Å². The van der Waals surface area contributed by atoms with E-state index in [1.54, 1.807) is 42.5 Å². The molecule has 7 rings (SSSR count). The van der Waals surface area contributed by atoms with E-state index in [0.29, 0.717) is 64.1 Å². The Morgan fingerprint density at radius 3 is 2.03 bits per heavy atom. The fourth-order valence-corrected chi connectivity index (χ4v) is 8.29. The zero-order valence-corrected chi connectivity index (χ0v) is 36.2. The summed E-state index contributed by atoms with van der Waals surface area (Å²) < 4.78 is 17.4. The summed E-state index contributed by atoms with van der Waals surface area (Å²) in [4.78, 5) is 68.2. The van der Waals surface area contributed by atoms with E-state index >= 15 is 0 Å². The summed E-state index contributed by atoms with van der Waals surface area (Å²) >= 11 is 6.29. The average Bonchev–Trinajstić information content (AvgIpc) is 3.55. The van der Waals surface area contributed by atoms with Crippen LogP contribution in [0.1, 0.15) is 63.1 Å². The highest BCUT2D eigenvalue weighted by Crippen LogP contribution is 2.37. The lowest BCUT2D eigenvalue weighted by Gasteiger charge is -2.34. The number of hydrogen-bond acceptors (Lipinski definition) is 12. The van der Waals surface area contributed by atoms with Gasteiger partial charge in [0.25, 0.3) is 11.8 Å². The van der Waals surface area contributed by atoms with Gasteiger partial charge in [-0.05, 0) is 89.2 Å². The van der Waals surface area contributed by atoms with E-state index in [1.807, 2.05) is 53.4 Å². The molecule has 0 radical (unpaired) electrons. The van der Waals surface area contributed by atoms with Crippen molar-refractivity contribution in [3.63, 3.8) is 0 Å². The van der Waals surface area contributed by atoms with Crippen LogP contribution in [0.25, 0.3) is 11.1 Å². The minimum Gasteiger partial charge on any atom is -0.508 e. The Labute approximate surface area is 376 Å². The van der Waals surface area contributed by atoms with E-state index in [9.17, 15) is 34.2 Å². The number of alkyl halides is 1. The maximum absolute atomic E-state index is 13.3. The fourth-order valence-electron chi connectivity index (χ4n) is 8.11. The molecule has 4 aromatic carbocycles. The molecule has 15 nitrogen and oxygen atoms in total. The molecule has 3 aliphatic rings. The fraction of sp³-hybridized carbons (Fsp3) is 0.354. The standard InChI is InChI=1S/C48H52ClN5O10/c49-20-18-38(32-4-10-35(55)11-5-32)44(33-6-12-36(56)13-7-33)34-8-14-37(15-9-34)64-29-26-52-22-24-53(25-23-52)43(58)19-27-62-30-31-63-28-21-50-40-3-1-2-39-45(40)48(61)54(47(39)60)41-16-17-42(57)51-46(41)59/h1-15,41,50,55-56H,16-31H2,(H,51,57,59). The van der Waals surface area contributed by atoms with E-state index in [-0.39, 0.29) is 54.4 Å². The summed E-state index contributed by atoms with van der Waals surface area (Å²) in [5.74, 6) is -0.674. The maximum Gasteiger partial charge on any atom is 0.264 e. The van der Waals surface area contributed by atoms with Crippen molar-refractivity contribution < 1.29 is 48.4 Å². The van der Waals surface area contributed by atoms with Gasteiger partial charge in [-0.25, -0.2) is 0 Å². The summed E-state index contributed by atoms with van der Waals surface area (Å²) in [5, 5.41) is 25.2. The number of allylic oxidation sites excluding steroid dienone is 1. The number of carbonyl (C=O) groups excluding carboxylic acids is 5. The third-order valence-electron chi connectivity index (χ3n) is 11.4. The lowest BCUT2D eigenvalue weighted by atomic mass is 9.88. The van der Waals surface area contributed by atoms with Crippen molar-refractivity contribution in [3.8, 4) is 17.2 Å². The van der Waals surface area contributed by atoms with E-state index in [0.717, 1.165) is 58.1 Å². The summed E-state index contributed by atoms with van der Waals surface area (Å²) in [5.41, 5.74) is 5.68. The van der Waals surface area contributed by atoms with Crippen LogP contribution in [-0.4, -0.2) is 139 Å². The monoisotopic (exact) mass is 893 g/mol. The van der Waals surface area contributed by atoms with Gasteiger partial charge in [0, 0.05) is 57.3 Å². The molecular formula is C48H52ClN5O10. The molecule has 4 aromatic rings. The number of amides is 5. The van der Waals surface area contributed by atoms with E-state index in [4.69, 9.17) is 25.8 Å². The number of fused-ring (bicyclic) bond motifs is 1. The number of ether oxygens (including phenoxy) is 3. The van der Waals surface area contributed by atoms with Crippen LogP contribution in [0.15, 0.2) is 91.0 Å². The Bertz CT molecular complexity index is 2330. The van der Waals surface area contributed by atoms with Gasteiger partial charge >= 0.3 is 0 Å². The number of phenols is 2. The van der Waals surface area contributed by atoms with Crippen molar-refractivity contribution in [2.24, 2.45) is 0 Å². The minimum atomic E-state index is -1.03. The van der Waals surface area contributed by atoms with Crippen molar-refractivity contribution in [2.45, 2.75) is 31.7 Å². The predicted molar refractivity (Wildman–Crippen MR) is 240 cm³/mol. The third-order valence-corrected chi connectivity index (χ3v) is 11.6. The first kappa shape index (κ1) is 45.8. The molecule has 0 aromatic heterocycles. The molecule has 2 fully saturated rings. The number of piperazine rings is 1. The number of halogens is 1. The largest absolute Gasteiger partial charge is 0.508 e. The van der Waals surface area contributed by atoms with Gasteiger partial charge in [0.2, 0.25) is 17.7 Å². The number of carbonyl (C=O) groups is 5. The summed E-state index contributed by atoms with van der Waals surface area (Å²) in [6.45, 7) is 5.49. The molecule has 4 N–H and O–H groups in total. The smallest absolute Gasteiger partial charge is 0.264 e. The van der Waals surface area contributed by atoms with Crippen LogP contribution >= 0.6 is 11.6 Å². The predicted octanol–water partition coefficient (Wildman–Crippen LogP) is 5.15. The van der Waals surface area contributed by atoms with Crippen LogP contribution in [-0.2, 0) is 23.9 Å². The second-order valence-electron chi connectivity index (χ2n) is 15.6. The van der Waals surface area contributed by atoms with Crippen molar-refractivity contribution in [2.75, 3.05) is 83.5 Å². The minimum absolute atomic E-state index is 0.0426. The normalized spacial score (nSPS) is 17.0. The van der Waals surface area contributed by atoms with E-state index in [2.05, 4.69) is 15.5 Å². The Morgan fingerprint density at radius 1 is 0.734 bits per heavy atom. The lowest BCUT2D eigenvalue weighted by molar-refractivity contribution is -0.136. The summed E-state index contributed by atoms with van der Waals surface area (Å²) in [6, 6.07) is 25.9. The lowest BCUT2D eigenvalue weighted by Crippen LogP contribution is -2.54. The van der Waals surface area contributed by atoms with Crippen LogP contribution < -0.4 is 15.4 Å². The number of nitrogens with zero attached hydrogens (tertiary/aromatic N) is 3. The molecular weight excluding hydrogens is 842 g/mol. The number of anilines is 1. The van der Waals surface area contributed by atoms with Crippen molar-refractivity contribution in [1.29, 1.82) is 0 Å². The van der Waals surface area contributed by atoms with Gasteiger partial charge in [0.05, 0.1) is 44.0 Å². The Balaban J connectivity index is 0.777. The van der Waals surface area contributed by atoms with Crippen LogP contribution in [0.2, 0.25) is 0 Å². The molecule has 336 valence electrons. The second-order valence-corrected chi connectivity index (χ2v) is 15.9. The van der Waals surface area contributed by atoms with E-state index < -0.39 is 29.7 Å². The SMILES string of the molecule is O=C1CCC(N2C(=O)c3cccc(NCCOCCOCCC(=O)N4CCN(CCOc5ccc(C(=C(CCCl)c6ccc(O)cc6)c6ccc(O)cc6)cc5)CC4)c3C2=O)C(=O)N1.